The van der Waals surface area contributed by atoms with Gasteiger partial charge in [0.05, 0.1) is 9.82 Å². The van der Waals surface area contributed by atoms with Crippen molar-refractivity contribution in [2.75, 3.05) is 43.8 Å². The molecule has 0 aromatic heterocycles. The summed E-state index contributed by atoms with van der Waals surface area (Å²) in [5, 5.41) is 20.1. The maximum Gasteiger partial charge on any atom is 0.410 e. The average Bonchev–Trinajstić information content (AvgIpc) is 2.85. The first-order chi connectivity index (χ1) is 17.8. The van der Waals surface area contributed by atoms with Gasteiger partial charge >= 0.3 is 6.09 Å². The van der Waals surface area contributed by atoms with Crippen LogP contribution in [0, 0.1) is 10.1 Å². The molecule has 0 saturated carbocycles. The molecule has 1 amide bonds. The van der Waals surface area contributed by atoms with E-state index >= 15 is 0 Å². The van der Waals surface area contributed by atoms with Crippen molar-refractivity contribution in [2.45, 2.75) is 48.6 Å². The number of benzene rings is 2. The normalized spacial score (nSPS) is 15.6. The average molecular weight is 566 g/mol. The number of sulfonamides is 1. The molecule has 2 aromatic rings. The number of rotatable bonds is 10. The molecule has 1 unspecified atom stereocenters. The summed E-state index contributed by atoms with van der Waals surface area (Å²) in [5.74, 6) is 0.635. The third kappa shape index (κ3) is 9.15. The van der Waals surface area contributed by atoms with Gasteiger partial charge in [0.2, 0.25) is 10.0 Å². The van der Waals surface area contributed by atoms with E-state index < -0.39 is 20.5 Å². The fourth-order valence-electron chi connectivity index (χ4n) is 3.91. The highest BCUT2D eigenvalue weighted by molar-refractivity contribution is 7.99. The van der Waals surface area contributed by atoms with E-state index in [0.29, 0.717) is 38.4 Å². The Morgan fingerprint density at radius 1 is 1.16 bits per heavy atom. The number of piperazine rings is 1. The number of nitrogens with zero attached hydrogens (tertiary/aromatic N) is 3. The molecule has 11 nitrogen and oxygen atoms in total. The Hall–Kier alpha value is -2.87. The lowest BCUT2D eigenvalue weighted by Gasteiger charge is -2.36. The van der Waals surface area contributed by atoms with Crippen LogP contribution in [0.3, 0.4) is 0 Å². The van der Waals surface area contributed by atoms with Gasteiger partial charge in [-0.1, -0.05) is 18.2 Å². The first-order valence-electron chi connectivity index (χ1n) is 12.3. The molecule has 1 atom stereocenters. The number of nitrogens with one attached hydrogen (secondary N) is 1. The van der Waals surface area contributed by atoms with Gasteiger partial charge in [-0.25, -0.2) is 18.4 Å². The third-order valence-corrected chi connectivity index (χ3v) is 7.95. The van der Waals surface area contributed by atoms with Crippen molar-refractivity contribution in [1.29, 1.82) is 0 Å². The van der Waals surface area contributed by atoms with E-state index in [2.05, 4.69) is 10.2 Å². The number of nitro groups is 1. The lowest BCUT2D eigenvalue weighted by atomic mass is 10.1. The zero-order chi connectivity index (χ0) is 27.9. The molecule has 1 aliphatic rings. The summed E-state index contributed by atoms with van der Waals surface area (Å²) >= 11 is 1.63. The predicted octanol–water partition coefficient (Wildman–Crippen LogP) is 3.76. The van der Waals surface area contributed by atoms with Gasteiger partial charge in [-0.05, 0) is 51.5 Å². The number of anilines is 1. The van der Waals surface area contributed by atoms with Crippen molar-refractivity contribution in [3.8, 4) is 0 Å². The van der Waals surface area contributed by atoms with Crippen LogP contribution < -0.4 is 10.5 Å². The highest BCUT2D eigenvalue weighted by Gasteiger charge is 2.27. The second-order valence-electron chi connectivity index (χ2n) is 10.0. The van der Waals surface area contributed by atoms with Crippen LogP contribution in [0.4, 0.5) is 16.2 Å². The highest BCUT2D eigenvalue weighted by atomic mass is 32.2. The van der Waals surface area contributed by atoms with Crippen LogP contribution in [-0.4, -0.2) is 79.4 Å². The van der Waals surface area contributed by atoms with Crippen LogP contribution in [0.25, 0.3) is 0 Å². The Labute approximate surface area is 227 Å². The topological polar surface area (TPSA) is 148 Å². The Kier molecular flexibility index (Phi) is 9.99. The molecule has 0 bridgehead atoms. The standard InChI is InChI=1S/C25H35N5O6S2/c1-25(2,3)36-24(31)29-15-13-28(14-16-29)12-11-19(18-37-20-7-5-4-6-8-20)27-22-10-9-21(38(26,34)35)17-23(22)30(32)33/h4-10,17,19,27H,11-16,18H2,1-3H3,(H2,26,34,35). The molecule has 1 heterocycles. The zero-order valence-electron chi connectivity index (χ0n) is 21.8. The predicted molar refractivity (Wildman–Crippen MR) is 148 cm³/mol. The van der Waals surface area contributed by atoms with Crippen LogP contribution in [0.2, 0.25) is 0 Å². The fourth-order valence-corrected chi connectivity index (χ4v) is 5.44. The fraction of sp³-hybridized carbons (Fsp3) is 0.480. The zero-order valence-corrected chi connectivity index (χ0v) is 23.5. The lowest BCUT2D eigenvalue weighted by molar-refractivity contribution is -0.384. The Bertz CT molecular complexity index is 1210. The van der Waals surface area contributed by atoms with E-state index in [0.717, 1.165) is 17.5 Å². The van der Waals surface area contributed by atoms with E-state index in [1.165, 1.54) is 12.1 Å². The summed E-state index contributed by atoms with van der Waals surface area (Å²) in [7, 11) is -4.08. The van der Waals surface area contributed by atoms with Crippen molar-refractivity contribution in [2.24, 2.45) is 5.14 Å². The van der Waals surface area contributed by atoms with Gasteiger partial charge in [0.15, 0.2) is 0 Å². The Morgan fingerprint density at radius 2 is 1.82 bits per heavy atom. The molecule has 38 heavy (non-hydrogen) atoms. The van der Waals surface area contributed by atoms with Crippen LogP contribution in [0.15, 0.2) is 58.3 Å². The Balaban J connectivity index is 1.67. The molecular weight excluding hydrogens is 530 g/mol. The SMILES string of the molecule is CC(C)(C)OC(=O)N1CCN(CCC(CSc2ccccc2)Nc2ccc(S(N)(=O)=O)cc2[N+](=O)[O-])CC1. The highest BCUT2D eigenvalue weighted by Crippen LogP contribution is 2.29. The van der Waals surface area contributed by atoms with Crippen molar-refractivity contribution >= 4 is 39.3 Å². The molecule has 1 fully saturated rings. The summed E-state index contributed by atoms with van der Waals surface area (Å²) < 4.78 is 28.9. The minimum absolute atomic E-state index is 0.150. The number of ether oxygens (including phenoxy) is 1. The minimum Gasteiger partial charge on any atom is -0.444 e. The summed E-state index contributed by atoms with van der Waals surface area (Å²) in [4.78, 5) is 28.2. The molecule has 13 heteroatoms. The van der Waals surface area contributed by atoms with Crippen molar-refractivity contribution in [3.63, 3.8) is 0 Å². The summed E-state index contributed by atoms with van der Waals surface area (Å²) in [6.07, 6.45) is 0.367. The maximum atomic E-state index is 12.4. The molecule has 3 N–H and O–H groups in total. The first-order valence-corrected chi connectivity index (χ1v) is 14.8. The number of nitro benzene ring substituents is 1. The molecule has 0 aliphatic carbocycles. The van der Waals surface area contributed by atoms with Crippen LogP contribution in [0.1, 0.15) is 27.2 Å². The number of amides is 1. The third-order valence-electron chi connectivity index (χ3n) is 5.87. The van der Waals surface area contributed by atoms with Crippen LogP contribution in [0.5, 0.6) is 0 Å². The summed E-state index contributed by atoms with van der Waals surface area (Å²) in [6.45, 7) is 8.76. The van der Waals surface area contributed by atoms with Gasteiger partial charge in [0.1, 0.15) is 11.3 Å². The summed E-state index contributed by atoms with van der Waals surface area (Å²) in [5.41, 5.74) is -0.661. The molecule has 208 valence electrons. The number of nitrogens with two attached hydrogens (primary N) is 1. The Morgan fingerprint density at radius 3 is 2.39 bits per heavy atom. The number of hydrogen-bond acceptors (Lipinski definition) is 9. The van der Waals surface area contributed by atoms with E-state index in [4.69, 9.17) is 9.88 Å². The van der Waals surface area contributed by atoms with Gasteiger partial charge in [-0.15, -0.1) is 11.8 Å². The lowest BCUT2D eigenvalue weighted by Crippen LogP contribution is -2.50. The monoisotopic (exact) mass is 565 g/mol. The van der Waals surface area contributed by atoms with E-state index in [1.54, 1.807) is 16.7 Å². The molecule has 3 rings (SSSR count). The number of carbonyl (C=O) groups is 1. The van der Waals surface area contributed by atoms with E-state index in [-0.39, 0.29) is 28.4 Å². The summed E-state index contributed by atoms with van der Waals surface area (Å²) in [6, 6.07) is 13.3. The van der Waals surface area contributed by atoms with Gasteiger partial charge in [-0.3, -0.25) is 15.0 Å². The van der Waals surface area contributed by atoms with Gasteiger partial charge < -0.3 is 15.0 Å². The van der Waals surface area contributed by atoms with Crippen LogP contribution >= 0.6 is 11.8 Å². The van der Waals surface area contributed by atoms with Crippen molar-refractivity contribution in [1.82, 2.24) is 9.80 Å². The molecule has 0 radical (unpaired) electrons. The van der Waals surface area contributed by atoms with Crippen molar-refractivity contribution in [3.05, 3.63) is 58.6 Å². The second kappa shape index (κ2) is 12.8. The molecule has 1 aliphatic heterocycles. The van der Waals surface area contributed by atoms with Gasteiger partial charge in [0, 0.05) is 55.5 Å². The maximum absolute atomic E-state index is 12.4. The number of hydrogen-bond donors (Lipinski definition) is 2. The minimum atomic E-state index is -4.08. The van der Waals surface area contributed by atoms with E-state index in [1.807, 2.05) is 51.1 Å². The van der Waals surface area contributed by atoms with Crippen molar-refractivity contribution < 1.29 is 22.9 Å². The molecular formula is C25H35N5O6S2. The van der Waals surface area contributed by atoms with Gasteiger partial charge in [-0.2, -0.15) is 0 Å². The van der Waals surface area contributed by atoms with Gasteiger partial charge in [0.25, 0.3) is 5.69 Å². The molecule has 1 saturated heterocycles. The first kappa shape index (κ1) is 29.7. The quantitative estimate of drug-likeness (QED) is 0.249. The largest absolute Gasteiger partial charge is 0.444 e. The number of carbonyl (C=O) groups excluding carboxylic acids is 1. The molecule has 0 spiro atoms. The number of primary sulfonamides is 1. The second-order valence-corrected chi connectivity index (χ2v) is 12.7. The van der Waals surface area contributed by atoms with E-state index in [9.17, 15) is 23.3 Å². The number of thioether (sulfide) groups is 1. The molecule has 2 aromatic carbocycles. The smallest absolute Gasteiger partial charge is 0.410 e. The van der Waals surface area contributed by atoms with Crippen LogP contribution in [-0.2, 0) is 14.8 Å².